The summed E-state index contributed by atoms with van der Waals surface area (Å²) < 4.78 is 27.4. The van der Waals surface area contributed by atoms with Crippen LogP contribution in [0.25, 0.3) is 11.7 Å². The number of carbonyl (C=O) groups excluding carboxylic acids is 2. The Morgan fingerprint density at radius 3 is 2.56 bits per heavy atom. The Hall–Kier alpha value is -3.06. The number of hydrogen-bond acceptors (Lipinski definition) is 9. The van der Waals surface area contributed by atoms with Gasteiger partial charge in [0.25, 0.3) is 5.91 Å². The molecule has 2 aromatic rings. The van der Waals surface area contributed by atoms with Crippen LogP contribution in [0, 0.1) is 0 Å². The third-order valence-electron chi connectivity index (χ3n) is 5.80. The summed E-state index contributed by atoms with van der Waals surface area (Å²) in [5, 5.41) is 10.0. The first kappa shape index (κ1) is 20.8. The zero-order valence-corrected chi connectivity index (χ0v) is 18.4. The minimum Gasteiger partial charge on any atom is -0.351 e. The van der Waals surface area contributed by atoms with Gasteiger partial charge >= 0.3 is 0 Å². The molecule has 0 radical (unpaired) electrons. The Morgan fingerprint density at radius 1 is 1.19 bits per heavy atom. The highest BCUT2D eigenvalue weighted by Gasteiger charge is 2.29. The van der Waals surface area contributed by atoms with Gasteiger partial charge in [-0.3, -0.25) is 14.9 Å². The molecule has 3 aliphatic rings. The number of fused-ring (bicyclic) bond motifs is 1. The fraction of sp³-hybridized carbons (Fsp3) is 0.526. The van der Waals surface area contributed by atoms with E-state index in [4.69, 9.17) is 0 Å². The highest BCUT2D eigenvalue weighted by molar-refractivity contribution is 7.89. The van der Waals surface area contributed by atoms with Crippen molar-refractivity contribution in [2.24, 2.45) is 0 Å². The Kier molecular flexibility index (Phi) is 5.08. The van der Waals surface area contributed by atoms with Crippen molar-refractivity contribution < 1.29 is 18.0 Å². The predicted octanol–water partition coefficient (Wildman–Crippen LogP) is -0.400. The molecular formula is C19H24N8O4S. The van der Waals surface area contributed by atoms with E-state index in [1.54, 1.807) is 23.7 Å². The molecular weight excluding hydrogens is 436 g/mol. The van der Waals surface area contributed by atoms with Crippen molar-refractivity contribution in [2.75, 3.05) is 42.1 Å². The molecule has 0 bridgehead atoms. The van der Waals surface area contributed by atoms with Crippen LogP contribution in [0.4, 0.5) is 11.9 Å². The number of aromatic nitrogens is 4. The fourth-order valence-corrected chi connectivity index (χ4v) is 4.87. The van der Waals surface area contributed by atoms with Crippen LogP contribution in [-0.4, -0.2) is 82.1 Å². The van der Waals surface area contributed by atoms with Crippen molar-refractivity contribution >= 4 is 45.5 Å². The molecule has 2 aliphatic heterocycles. The van der Waals surface area contributed by atoms with Crippen LogP contribution in [0.5, 0.6) is 0 Å². The highest BCUT2D eigenvalue weighted by atomic mass is 32.2. The van der Waals surface area contributed by atoms with Crippen molar-refractivity contribution in [1.82, 2.24) is 29.2 Å². The lowest BCUT2D eigenvalue weighted by Gasteiger charge is -2.33. The van der Waals surface area contributed by atoms with Crippen molar-refractivity contribution in [1.29, 1.82) is 0 Å². The van der Waals surface area contributed by atoms with E-state index in [-0.39, 0.29) is 18.1 Å². The number of nitrogens with zero attached hydrogens (tertiary/aromatic N) is 6. The quantitative estimate of drug-likeness (QED) is 0.435. The first-order chi connectivity index (χ1) is 15.3. The number of hydrogen-bond donors (Lipinski definition) is 2. The summed E-state index contributed by atoms with van der Waals surface area (Å²) in [6.07, 6.45) is 5.35. The van der Waals surface area contributed by atoms with Gasteiger partial charge in [-0.2, -0.15) is 23.9 Å². The maximum Gasteiger partial charge on any atom is 0.254 e. The number of piperazine rings is 1. The number of amides is 2. The number of rotatable bonds is 6. The number of imide groups is 1. The molecule has 4 heterocycles. The van der Waals surface area contributed by atoms with Gasteiger partial charge in [-0.1, -0.05) is 0 Å². The molecule has 12 nitrogen and oxygen atoms in total. The first-order valence-electron chi connectivity index (χ1n) is 10.6. The van der Waals surface area contributed by atoms with Gasteiger partial charge in [0.05, 0.1) is 18.4 Å². The predicted molar refractivity (Wildman–Crippen MR) is 116 cm³/mol. The number of nitrogens with one attached hydrogen (secondary N) is 2. The van der Waals surface area contributed by atoms with Gasteiger partial charge in [-0.25, -0.2) is 8.42 Å². The topological polar surface area (TPSA) is 142 Å². The third-order valence-corrected chi connectivity index (χ3v) is 7.68. The Bertz CT molecular complexity index is 1230. The van der Waals surface area contributed by atoms with Crippen LogP contribution in [-0.2, 0) is 19.6 Å². The SMILES string of the molecule is CCS(=O)(=O)N1CCN(c2nc(NC3CC3)n3ncc(/C=C4\CC(=O)NC4=O)c3n2)CC1. The maximum atomic E-state index is 12.2. The summed E-state index contributed by atoms with van der Waals surface area (Å²) in [4.78, 5) is 34.8. The molecule has 0 unspecified atom stereocenters. The summed E-state index contributed by atoms with van der Waals surface area (Å²) in [6.45, 7) is 3.32. The van der Waals surface area contributed by atoms with Crippen LogP contribution in [0.1, 0.15) is 31.7 Å². The molecule has 13 heteroatoms. The van der Waals surface area contributed by atoms with Crippen LogP contribution in [0.2, 0.25) is 0 Å². The number of sulfonamides is 1. The molecule has 2 amide bonds. The van der Waals surface area contributed by atoms with Crippen LogP contribution in [0.3, 0.4) is 0 Å². The van der Waals surface area contributed by atoms with Gasteiger partial charge in [-0.05, 0) is 25.8 Å². The second kappa shape index (κ2) is 7.81. The molecule has 1 saturated carbocycles. The lowest BCUT2D eigenvalue weighted by atomic mass is 10.1. The largest absolute Gasteiger partial charge is 0.351 e. The Morgan fingerprint density at radius 2 is 1.94 bits per heavy atom. The molecule has 0 spiro atoms. The summed E-state index contributed by atoms with van der Waals surface area (Å²) in [5.41, 5.74) is 1.49. The van der Waals surface area contributed by atoms with E-state index in [1.807, 2.05) is 4.90 Å². The monoisotopic (exact) mass is 460 g/mol. The average molecular weight is 461 g/mol. The van der Waals surface area contributed by atoms with E-state index in [0.717, 1.165) is 12.8 Å². The van der Waals surface area contributed by atoms with Crippen LogP contribution >= 0.6 is 0 Å². The smallest absolute Gasteiger partial charge is 0.254 e. The van der Waals surface area contributed by atoms with Crippen molar-refractivity contribution in [3.63, 3.8) is 0 Å². The summed E-state index contributed by atoms with van der Waals surface area (Å²) in [6, 6.07) is 0.330. The van der Waals surface area contributed by atoms with Crippen LogP contribution in [0.15, 0.2) is 11.8 Å². The molecule has 170 valence electrons. The van der Waals surface area contributed by atoms with Gasteiger partial charge in [0.2, 0.25) is 27.8 Å². The minimum absolute atomic E-state index is 0.0230. The summed E-state index contributed by atoms with van der Waals surface area (Å²) in [7, 11) is -3.23. The molecule has 5 rings (SSSR count). The van der Waals surface area contributed by atoms with E-state index < -0.39 is 15.9 Å². The standard InChI is InChI=1S/C19H24N8O4S/c1-2-32(30,31)26-7-5-25(6-8-26)18-23-16-13(9-12-10-15(28)22-17(12)29)11-20-27(16)19(24-18)21-14-3-4-14/h9,11,14H,2-8,10H2,1H3,(H,21,23,24)(H,22,28,29)/b12-9+. The summed E-state index contributed by atoms with van der Waals surface area (Å²) >= 11 is 0. The third kappa shape index (κ3) is 3.93. The lowest BCUT2D eigenvalue weighted by Crippen LogP contribution is -2.49. The van der Waals surface area contributed by atoms with Gasteiger partial charge in [-0.15, -0.1) is 0 Å². The second-order valence-electron chi connectivity index (χ2n) is 8.11. The maximum absolute atomic E-state index is 12.2. The second-order valence-corrected chi connectivity index (χ2v) is 10.4. The van der Waals surface area contributed by atoms with Crippen molar-refractivity contribution in [3.05, 3.63) is 17.3 Å². The molecule has 0 atom stereocenters. The fourth-order valence-electron chi connectivity index (χ4n) is 3.79. The van der Waals surface area contributed by atoms with Crippen molar-refractivity contribution in [3.8, 4) is 0 Å². The van der Waals surface area contributed by atoms with E-state index in [9.17, 15) is 18.0 Å². The normalized spacial score (nSPS) is 21.5. The van der Waals surface area contributed by atoms with Gasteiger partial charge in [0, 0.05) is 43.4 Å². The van der Waals surface area contributed by atoms with Crippen LogP contribution < -0.4 is 15.5 Å². The van der Waals surface area contributed by atoms with E-state index >= 15 is 0 Å². The molecule has 2 saturated heterocycles. The molecule has 1 aliphatic carbocycles. The van der Waals surface area contributed by atoms with Gasteiger partial charge in [0.15, 0.2) is 5.65 Å². The Labute approximate surface area is 184 Å². The minimum atomic E-state index is -3.23. The molecule has 0 aromatic carbocycles. The number of carbonyl (C=O) groups is 2. The summed E-state index contributed by atoms with van der Waals surface area (Å²) in [5.74, 6) is 0.362. The van der Waals surface area contributed by atoms with E-state index in [0.29, 0.717) is 60.9 Å². The zero-order valence-electron chi connectivity index (χ0n) is 17.6. The molecule has 32 heavy (non-hydrogen) atoms. The van der Waals surface area contributed by atoms with E-state index in [2.05, 4.69) is 25.7 Å². The first-order valence-corrected chi connectivity index (χ1v) is 12.2. The van der Waals surface area contributed by atoms with Gasteiger partial charge in [0.1, 0.15) is 0 Å². The Balaban J connectivity index is 1.49. The lowest BCUT2D eigenvalue weighted by molar-refractivity contribution is -0.124. The average Bonchev–Trinajstić information content (AvgIpc) is 3.42. The molecule has 2 aromatic heterocycles. The highest BCUT2D eigenvalue weighted by Crippen LogP contribution is 2.27. The number of anilines is 2. The molecule has 3 fully saturated rings. The van der Waals surface area contributed by atoms with Gasteiger partial charge < -0.3 is 10.2 Å². The molecule has 2 N–H and O–H groups in total. The van der Waals surface area contributed by atoms with Crippen molar-refractivity contribution in [2.45, 2.75) is 32.2 Å². The van der Waals surface area contributed by atoms with E-state index in [1.165, 1.54) is 4.31 Å². The zero-order chi connectivity index (χ0) is 22.5.